The molecule has 0 saturated carbocycles. The second-order valence-corrected chi connectivity index (χ2v) is 6.32. The van der Waals surface area contributed by atoms with Crippen LogP contribution in [0.25, 0.3) is 0 Å². The molecule has 0 radical (unpaired) electrons. The van der Waals surface area contributed by atoms with E-state index in [0.717, 1.165) is 11.3 Å². The zero-order valence-corrected chi connectivity index (χ0v) is 12.8. The fourth-order valence-electron chi connectivity index (χ4n) is 1.48. The molecule has 1 unspecified atom stereocenters. The van der Waals surface area contributed by atoms with Crippen LogP contribution in [0.5, 0.6) is 0 Å². The summed E-state index contributed by atoms with van der Waals surface area (Å²) in [5, 5.41) is 0. The van der Waals surface area contributed by atoms with Crippen LogP contribution in [0.1, 0.15) is 21.5 Å². The van der Waals surface area contributed by atoms with E-state index in [4.69, 9.17) is 4.74 Å². The zero-order chi connectivity index (χ0) is 12.8. The Bertz CT molecular complexity index is 367. The lowest BCUT2D eigenvalue weighted by Crippen LogP contribution is -2.33. The maximum absolute atomic E-state index is 12.1. The minimum absolute atomic E-state index is 0.0789. The van der Waals surface area contributed by atoms with Crippen molar-refractivity contribution >= 4 is 33.2 Å². The highest BCUT2D eigenvalue weighted by Crippen LogP contribution is 2.18. The Morgan fingerprint density at radius 2 is 2.29 bits per heavy atom. The molecule has 0 aliphatic rings. The standard InChI is InChI=1S/C12H18BrNO2S/c1-4-10-5-6-11(17-10)12(15)14(2)7-9(13)8-16-3/h5-6,9H,4,7-8H2,1-3H3. The summed E-state index contributed by atoms with van der Waals surface area (Å²) in [6.07, 6.45) is 0.979. The molecule has 5 heteroatoms. The average molecular weight is 320 g/mol. The fraction of sp³-hybridized carbons (Fsp3) is 0.583. The van der Waals surface area contributed by atoms with Gasteiger partial charge in [-0.3, -0.25) is 4.79 Å². The third kappa shape index (κ3) is 4.41. The molecule has 1 atom stereocenters. The minimum atomic E-state index is 0.0789. The second-order valence-electron chi connectivity index (χ2n) is 3.86. The van der Waals surface area contributed by atoms with Gasteiger partial charge in [0.15, 0.2) is 0 Å². The van der Waals surface area contributed by atoms with Gasteiger partial charge in [-0.05, 0) is 18.6 Å². The van der Waals surface area contributed by atoms with Crippen LogP contribution in [0.4, 0.5) is 0 Å². The molecule has 3 nitrogen and oxygen atoms in total. The number of rotatable bonds is 6. The van der Waals surface area contributed by atoms with E-state index >= 15 is 0 Å². The van der Waals surface area contributed by atoms with Gasteiger partial charge >= 0.3 is 0 Å². The number of nitrogens with zero attached hydrogens (tertiary/aromatic N) is 1. The van der Waals surface area contributed by atoms with Crippen LogP contribution in [-0.4, -0.2) is 42.9 Å². The fourth-order valence-corrected chi connectivity index (χ4v) is 3.13. The van der Waals surface area contributed by atoms with Gasteiger partial charge in [-0.1, -0.05) is 22.9 Å². The van der Waals surface area contributed by atoms with Crippen LogP contribution in [0.2, 0.25) is 0 Å². The third-order valence-corrected chi connectivity index (χ3v) is 4.16. The summed E-state index contributed by atoms with van der Waals surface area (Å²) in [5.41, 5.74) is 0. The molecule has 0 aliphatic carbocycles. The topological polar surface area (TPSA) is 29.5 Å². The van der Waals surface area contributed by atoms with Gasteiger partial charge in [0.25, 0.3) is 5.91 Å². The van der Waals surface area contributed by atoms with Crippen molar-refractivity contribution in [1.82, 2.24) is 4.90 Å². The summed E-state index contributed by atoms with van der Waals surface area (Å²) in [5.74, 6) is 0.0789. The number of halogens is 1. The number of carbonyl (C=O) groups is 1. The maximum atomic E-state index is 12.1. The lowest BCUT2D eigenvalue weighted by molar-refractivity contribution is 0.0789. The van der Waals surface area contributed by atoms with Crippen LogP contribution in [0.15, 0.2) is 12.1 Å². The highest BCUT2D eigenvalue weighted by molar-refractivity contribution is 9.09. The quantitative estimate of drug-likeness (QED) is 0.755. The predicted molar refractivity (Wildman–Crippen MR) is 75.2 cm³/mol. The first-order chi connectivity index (χ1) is 8.08. The van der Waals surface area contributed by atoms with E-state index in [1.807, 2.05) is 19.2 Å². The molecule has 0 aromatic carbocycles. The monoisotopic (exact) mass is 319 g/mol. The Morgan fingerprint density at radius 1 is 1.59 bits per heavy atom. The number of thiophene rings is 1. The number of aryl methyl sites for hydroxylation is 1. The van der Waals surface area contributed by atoms with Gasteiger partial charge in [0.05, 0.1) is 16.3 Å². The van der Waals surface area contributed by atoms with Crippen LogP contribution in [-0.2, 0) is 11.2 Å². The minimum Gasteiger partial charge on any atom is -0.383 e. The second kappa shape index (κ2) is 7.13. The average Bonchev–Trinajstić information content (AvgIpc) is 2.76. The van der Waals surface area contributed by atoms with Gasteiger partial charge in [-0.2, -0.15) is 0 Å². The number of methoxy groups -OCH3 is 1. The van der Waals surface area contributed by atoms with Crippen LogP contribution in [0, 0.1) is 0 Å². The van der Waals surface area contributed by atoms with E-state index in [2.05, 4.69) is 22.9 Å². The van der Waals surface area contributed by atoms with Crippen LogP contribution >= 0.6 is 27.3 Å². The molecule has 17 heavy (non-hydrogen) atoms. The number of ether oxygens (including phenoxy) is 1. The van der Waals surface area contributed by atoms with Gasteiger partial charge in [-0.15, -0.1) is 11.3 Å². The lowest BCUT2D eigenvalue weighted by Gasteiger charge is -2.19. The summed E-state index contributed by atoms with van der Waals surface area (Å²) in [7, 11) is 3.47. The van der Waals surface area contributed by atoms with Crippen molar-refractivity contribution in [2.45, 2.75) is 18.2 Å². The molecule has 1 amide bonds. The van der Waals surface area contributed by atoms with Gasteiger partial charge in [-0.25, -0.2) is 0 Å². The molecule has 1 aromatic rings. The van der Waals surface area contributed by atoms with E-state index in [-0.39, 0.29) is 10.7 Å². The van der Waals surface area contributed by atoms with Crippen LogP contribution in [0.3, 0.4) is 0 Å². The smallest absolute Gasteiger partial charge is 0.263 e. The van der Waals surface area contributed by atoms with Crippen molar-refractivity contribution in [1.29, 1.82) is 0 Å². The van der Waals surface area contributed by atoms with Gasteiger partial charge in [0.2, 0.25) is 0 Å². The summed E-state index contributed by atoms with van der Waals surface area (Å²) in [6.45, 7) is 3.34. The molecule has 1 heterocycles. The number of carbonyl (C=O) groups excluding carboxylic acids is 1. The first-order valence-corrected chi connectivity index (χ1v) is 7.28. The molecule has 0 bridgehead atoms. The summed E-state index contributed by atoms with van der Waals surface area (Å²) >= 11 is 5.05. The lowest BCUT2D eigenvalue weighted by atomic mass is 10.3. The van der Waals surface area contributed by atoms with Gasteiger partial charge in [0.1, 0.15) is 0 Å². The SMILES string of the molecule is CCc1ccc(C(=O)N(C)CC(Br)COC)s1. The molecule has 1 rings (SSSR count). The maximum Gasteiger partial charge on any atom is 0.263 e. The third-order valence-electron chi connectivity index (χ3n) is 2.39. The molecule has 0 aliphatic heterocycles. The largest absolute Gasteiger partial charge is 0.383 e. The molecular formula is C12H18BrNO2S. The van der Waals surface area contributed by atoms with Crippen molar-refractivity contribution < 1.29 is 9.53 Å². The Balaban J connectivity index is 2.57. The van der Waals surface area contributed by atoms with Gasteiger partial charge in [0, 0.05) is 25.6 Å². The Kier molecular flexibility index (Phi) is 6.16. The predicted octanol–water partition coefficient (Wildman–Crippen LogP) is 2.79. The first kappa shape index (κ1) is 14.7. The Hall–Kier alpha value is -0.390. The van der Waals surface area contributed by atoms with E-state index in [9.17, 15) is 4.79 Å². The Morgan fingerprint density at radius 3 is 2.82 bits per heavy atom. The highest BCUT2D eigenvalue weighted by Gasteiger charge is 2.16. The van der Waals surface area contributed by atoms with Crippen molar-refractivity contribution in [2.24, 2.45) is 0 Å². The zero-order valence-electron chi connectivity index (χ0n) is 10.4. The molecule has 0 N–H and O–H groups in total. The molecule has 0 saturated heterocycles. The molecular weight excluding hydrogens is 302 g/mol. The number of hydrogen-bond acceptors (Lipinski definition) is 3. The first-order valence-electron chi connectivity index (χ1n) is 5.55. The number of amides is 1. The van der Waals surface area contributed by atoms with Crippen molar-refractivity contribution in [2.75, 3.05) is 27.3 Å². The van der Waals surface area contributed by atoms with Crippen molar-refractivity contribution in [3.05, 3.63) is 21.9 Å². The van der Waals surface area contributed by atoms with Crippen molar-refractivity contribution in [3.8, 4) is 0 Å². The van der Waals surface area contributed by atoms with E-state index < -0.39 is 0 Å². The molecule has 1 aromatic heterocycles. The number of hydrogen-bond donors (Lipinski definition) is 0. The van der Waals surface area contributed by atoms with Crippen LogP contribution < -0.4 is 0 Å². The summed E-state index contributed by atoms with van der Waals surface area (Å²) in [4.78, 5) is 16.0. The molecule has 96 valence electrons. The number of alkyl halides is 1. The molecule has 0 fully saturated rings. The van der Waals surface area contributed by atoms with E-state index in [1.165, 1.54) is 4.88 Å². The summed E-state index contributed by atoms with van der Waals surface area (Å²) < 4.78 is 5.03. The van der Waals surface area contributed by atoms with E-state index in [1.54, 1.807) is 23.3 Å². The molecule has 0 spiro atoms. The normalized spacial score (nSPS) is 12.5. The highest BCUT2D eigenvalue weighted by atomic mass is 79.9. The summed E-state index contributed by atoms with van der Waals surface area (Å²) in [6, 6.07) is 3.93. The Labute approximate surface area is 115 Å². The van der Waals surface area contributed by atoms with E-state index in [0.29, 0.717) is 13.2 Å². The van der Waals surface area contributed by atoms with Crippen molar-refractivity contribution in [3.63, 3.8) is 0 Å². The van der Waals surface area contributed by atoms with Gasteiger partial charge < -0.3 is 9.64 Å².